The minimum atomic E-state index is -3.63. The molecular formula is C21H18Cl2N2O3S. The quantitative estimate of drug-likeness (QED) is 0.522. The van der Waals surface area contributed by atoms with Gasteiger partial charge in [-0.25, -0.2) is 8.42 Å². The summed E-state index contributed by atoms with van der Waals surface area (Å²) in [5.41, 5.74) is 1.78. The number of rotatable bonds is 6. The fourth-order valence-electron chi connectivity index (χ4n) is 2.64. The number of hydrogen-bond donors (Lipinski definition) is 1. The third kappa shape index (κ3) is 5.16. The van der Waals surface area contributed by atoms with Gasteiger partial charge in [0, 0.05) is 30.4 Å². The van der Waals surface area contributed by atoms with Gasteiger partial charge in [0.15, 0.2) is 0 Å². The standard InChI is InChI=1S/C21H18Cl2N2O3S/c1-25(14-15-5-3-2-4-6-15)29(27,28)19-9-7-18(8-10-19)24-13-16-11-17(22)12-20(23)21(16)26/h2-13,26H,14H2,1H3. The molecule has 0 amide bonds. The van der Waals surface area contributed by atoms with Crippen molar-refractivity contribution in [1.29, 1.82) is 0 Å². The second-order valence-corrected chi connectivity index (χ2v) is 9.21. The van der Waals surface area contributed by atoms with Crippen molar-refractivity contribution in [3.8, 4) is 5.75 Å². The first-order chi connectivity index (χ1) is 13.8. The molecule has 0 aromatic heterocycles. The highest BCUT2D eigenvalue weighted by molar-refractivity contribution is 7.89. The Morgan fingerprint density at radius 2 is 1.69 bits per heavy atom. The van der Waals surface area contributed by atoms with E-state index in [1.165, 1.54) is 34.8 Å². The topological polar surface area (TPSA) is 70.0 Å². The molecular weight excluding hydrogens is 431 g/mol. The molecule has 0 aliphatic heterocycles. The zero-order valence-corrected chi connectivity index (χ0v) is 17.8. The van der Waals surface area contributed by atoms with Gasteiger partial charge in [-0.15, -0.1) is 0 Å². The van der Waals surface area contributed by atoms with Gasteiger partial charge < -0.3 is 5.11 Å². The molecule has 0 spiro atoms. The first-order valence-electron chi connectivity index (χ1n) is 8.60. The summed E-state index contributed by atoms with van der Waals surface area (Å²) in [7, 11) is -2.09. The van der Waals surface area contributed by atoms with Gasteiger partial charge >= 0.3 is 0 Å². The molecule has 0 saturated heterocycles. The van der Waals surface area contributed by atoms with Crippen LogP contribution < -0.4 is 0 Å². The Bertz CT molecular complexity index is 1130. The van der Waals surface area contributed by atoms with Gasteiger partial charge in [0.1, 0.15) is 5.75 Å². The van der Waals surface area contributed by atoms with Crippen LogP contribution in [-0.2, 0) is 16.6 Å². The fourth-order valence-corrected chi connectivity index (χ4v) is 4.31. The maximum Gasteiger partial charge on any atom is 0.243 e. The van der Waals surface area contributed by atoms with E-state index in [4.69, 9.17) is 23.2 Å². The molecule has 0 aliphatic carbocycles. The Morgan fingerprint density at radius 1 is 1.03 bits per heavy atom. The molecule has 0 atom stereocenters. The van der Waals surface area contributed by atoms with Crippen LogP contribution in [0.4, 0.5) is 5.69 Å². The Kier molecular flexibility index (Phi) is 6.59. The normalized spacial score (nSPS) is 12.0. The fraction of sp³-hybridized carbons (Fsp3) is 0.0952. The van der Waals surface area contributed by atoms with Gasteiger partial charge in [0.05, 0.1) is 15.6 Å². The predicted molar refractivity (Wildman–Crippen MR) is 117 cm³/mol. The van der Waals surface area contributed by atoms with Crippen molar-refractivity contribution < 1.29 is 13.5 Å². The van der Waals surface area contributed by atoms with Crippen molar-refractivity contribution in [3.63, 3.8) is 0 Å². The number of sulfonamides is 1. The lowest BCUT2D eigenvalue weighted by Gasteiger charge is -2.17. The number of aliphatic imine (C=N–C) groups is 1. The lowest BCUT2D eigenvalue weighted by molar-refractivity contribution is 0.466. The minimum absolute atomic E-state index is 0.124. The molecule has 0 bridgehead atoms. The Labute approximate surface area is 179 Å². The smallest absolute Gasteiger partial charge is 0.243 e. The molecule has 3 rings (SSSR count). The van der Waals surface area contributed by atoms with Crippen LogP contribution in [0.1, 0.15) is 11.1 Å². The molecule has 150 valence electrons. The van der Waals surface area contributed by atoms with E-state index in [0.29, 0.717) is 16.3 Å². The average Bonchev–Trinajstić information content (AvgIpc) is 2.70. The number of benzene rings is 3. The third-order valence-electron chi connectivity index (χ3n) is 4.20. The van der Waals surface area contributed by atoms with Gasteiger partial charge in [-0.2, -0.15) is 4.31 Å². The van der Waals surface area contributed by atoms with Gasteiger partial charge in [0.2, 0.25) is 10.0 Å². The summed E-state index contributed by atoms with van der Waals surface area (Å²) < 4.78 is 26.8. The van der Waals surface area contributed by atoms with Crippen LogP contribution in [0.25, 0.3) is 0 Å². The predicted octanol–water partition coefficient (Wildman–Crippen LogP) is 5.27. The van der Waals surface area contributed by atoms with Crippen molar-refractivity contribution >= 4 is 45.1 Å². The molecule has 1 N–H and O–H groups in total. The summed E-state index contributed by atoms with van der Waals surface area (Å²) >= 11 is 11.8. The highest BCUT2D eigenvalue weighted by Crippen LogP contribution is 2.30. The molecule has 5 nitrogen and oxygen atoms in total. The summed E-state index contributed by atoms with van der Waals surface area (Å²) in [6.07, 6.45) is 1.41. The maximum atomic E-state index is 12.8. The van der Waals surface area contributed by atoms with E-state index in [-0.39, 0.29) is 22.2 Å². The van der Waals surface area contributed by atoms with Crippen LogP contribution in [-0.4, -0.2) is 31.1 Å². The van der Waals surface area contributed by atoms with E-state index in [0.717, 1.165) is 5.56 Å². The lowest BCUT2D eigenvalue weighted by atomic mass is 10.2. The molecule has 29 heavy (non-hydrogen) atoms. The molecule has 0 heterocycles. The second-order valence-electron chi connectivity index (χ2n) is 6.32. The van der Waals surface area contributed by atoms with E-state index in [1.54, 1.807) is 19.2 Å². The summed E-state index contributed by atoms with van der Waals surface area (Å²) in [5.74, 6) is -0.124. The van der Waals surface area contributed by atoms with Gasteiger partial charge in [-0.05, 0) is 42.0 Å². The van der Waals surface area contributed by atoms with E-state index in [1.807, 2.05) is 30.3 Å². The van der Waals surface area contributed by atoms with Crippen LogP contribution in [0.5, 0.6) is 5.75 Å². The zero-order valence-electron chi connectivity index (χ0n) is 15.5. The van der Waals surface area contributed by atoms with Crippen molar-refractivity contribution in [2.24, 2.45) is 4.99 Å². The van der Waals surface area contributed by atoms with Crippen LogP contribution in [0.2, 0.25) is 10.0 Å². The van der Waals surface area contributed by atoms with E-state index in [9.17, 15) is 13.5 Å². The van der Waals surface area contributed by atoms with Crippen molar-refractivity contribution in [2.75, 3.05) is 7.05 Å². The monoisotopic (exact) mass is 448 g/mol. The molecule has 0 radical (unpaired) electrons. The largest absolute Gasteiger partial charge is 0.506 e. The number of halogens is 2. The average molecular weight is 449 g/mol. The first kappa shape index (κ1) is 21.3. The van der Waals surface area contributed by atoms with Crippen LogP contribution in [0.15, 0.2) is 76.6 Å². The number of phenols is 1. The zero-order chi connectivity index (χ0) is 21.0. The van der Waals surface area contributed by atoms with Crippen LogP contribution >= 0.6 is 23.2 Å². The molecule has 8 heteroatoms. The number of aromatic hydroxyl groups is 1. The van der Waals surface area contributed by atoms with Crippen molar-refractivity contribution in [1.82, 2.24) is 4.31 Å². The SMILES string of the molecule is CN(Cc1ccccc1)S(=O)(=O)c1ccc(N=Cc2cc(Cl)cc(Cl)c2O)cc1. The molecule has 0 aliphatic rings. The van der Waals surface area contributed by atoms with E-state index >= 15 is 0 Å². The summed E-state index contributed by atoms with van der Waals surface area (Å²) in [6.45, 7) is 0.276. The number of phenolic OH excluding ortho intramolecular Hbond substituents is 1. The Morgan fingerprint density at radius 3 is 2.34 bits per heavy atom. The van der Waals surface area contributed by atoms with Gasteiger partial charge in [-0.1, -0.05) is 53.5 Å². The van der Waals surface area contributed by atoms with Crippen LogP contribution in [0.3, 0.4) is 0 Å². The van der Waals surface area contributed by atoms with Gasteiger partial charge in [0.25, 0.3) is 0 Å². The Balaban J connectivity index is 1.77. The first-order valence-corrected chi connectivity index (χ1v) is 10.8. The third-order valence-corrected chi connectivity index (χ3v) is 6.53. The number of hydrogen-bond acceptors (Lipinski definition) is 4. The summed E-state index contributed by atoms with van der Waals surface area (Å²) in [4.78, 5) is 4.41. The minimum Gasteiger partial charge on any atom is -0.506 e. The molecule has 3 aromatic rings. The van der Waals surface area contributed by atoms with E-state index in [2.05, 4.69) is 4.99 Å². The number of nitrogens with zero attached hydrogens (tertiary/aromatic N) is 2. The highest BCUT2D eigenvalue weighted by atomic mass is 35.5. The second kappa shape index (κ2) is 8.97. The van der Waals surface area contributed by atoms with Gasteiger partial charge in [-0.3, -0.25) is 4.99 Å². The van der Waals surface area contributed by atoms with Crippen molar-refractivity contribution in [3.05, 3.63) is 87.9 Å². The highest BCUT2D eigenvalue weighted by Gasteiger charge is 2.20. The molecule has 0 unspecified atom stereocenters. The van der Waals surface area contributed by atoms with E-state index < -0.39 is 10.0 Å². The van der Waals surface area contributed by atoms with Crippen LogP contribution in [0, 0.1) is 0 Å². The van der Waals surface area contributed by atoms with Crippen molar-refractivity contribution in [2.45, 2.75) is 11.4 Å². The lowest BCUT2D eigenvalue weighted by Crippen LogP contribution is -2.26. The summed E-state index contributed by atoms with van der Waals surface area (Å²) in [5, 5.41) is 10.5. The molecule has 0 fully saturated rings. The maximum absolute atomic E-state index is 12.8. The molecule has 3 aromatic carbocycles. The Hall–Kier alpha value is -2.38. The molecule has 0 saturated carbocycles. The summed E-state index contributed by atoms with van der Waals surface area (Å²) in [6, 6.07) is 18.5.